The molecule has 0 spiro atoms. The number of aromatic nitrogens is 2. The second-order valence-electron chi connectivity index (χ2n) is 5.34. The Hall–Kier alpha value is -1.94. The monoisotopic (exact) mass is 313 g/mol. The molecule has 3 rings (SSSR count). The molecule has 0 aliphatic heterocycles. The lowest BCUT2D eigenvalue weighted by Gasteiger charge is -2.05. The molecule has 0 unspecified atom stereocenters. The zero-order valence-corrected chi connectivity index (χ0v) is 13.6. The fourth-order valence-electron chi connectivity index (χ4n) is 2.25. The molecule has 0 saturated heterocycles. The Balaban J connectivity index is 1.36. The summed E-state index contributed by atoms with van der Waals surface area (Å²) in [4.78, 5) is 6.79. The molecular weight excluding hydrogens is 292 g/mol. The summed E-state index contributed by atoms with van der Waals surface area (Å²) in [5, 5.41) is 1.13. The molecule has 1 heterocycles. The maximum Gasteiger partial charge on any atom is 0.314 e. The third kappa shape index (κ3) is 4.04. The highest BCUT2D eigenvalue weighted by Crippen LogP contribution is 2.17. The number of aryl methyl sites for hydroxylation is 1. The molecule has 0 aliphatic rings. The van der Waals surface area contributed by atoms with Crippen molar-refractivity contribution in [2.24, 2.45) is 0 Å². The highest BCUT2D eigenvalue weighted by Gasteiger charge is 2.08. The van der Waals surface area contributed by atoms with Crippen LogP contribution in [-0.4, -0.2) is 17.3 Å². The van der Waals surface area contributed by atoms with Crippen LogP contribution in [-0.2, 0) is 0 Å². The number of fused-ring (bicyclic) bond motifs is 1. The maximum atomic E-state index is 5.74. The van der Waals surface area contributed by atoms with Gasteiger partial charge in [-0.15, -0.1) is 0 Å². The number of benzene rings is 2. The lowest BCUT2D eigenvalue weighted by atomic mass is 10.2. The van der Waals surface area contributed by atoms with Crippen LogP contribution < -0.4 is 9.72 Å². The Morgan fingerprint density at radius 2 is 1.86 bits per heavy atom. The molecule has 2 N–H and O–H groups in total. The molecule has 0 saturated carbocycles. The minimum absolute atomic E-state index is 0.778. The van der Waals surface area contributed by atoms with Gasteiger partial charge in [0.15, 0.2) is 11.0 Å². The van der Waals surface area contributed by atoms with Crippen LogP contribution in [0.15, 0.2) is 53.7 Å². The van der Waals surface area contributed by atoms with Crippen LogP contribution in [0.5, 0.6) is 5.75 Å². The van der Waals surface area contributed by atoms with Crippen LogP contribution in [0, 0.1) is 6.92 Å². The Kier molecular flexibility index (Phi) is 5.01. The summed E-state index contributed by atoms with van der Waals surface area (Å²) in [5.41, 5.74) is 3.58. The van der Waals surface area contributed by atoms with E-state index in [2.05, 4.69) is 41.2 Å². The Labute approximate surface area is 135 Å². The molecular formula is C18H21N2OS+. The summed E-state index contributed by atoms with van der Waals surface area (Å²) in [5.74, 6) is 2.04. The highest BCUT2D eigenvalue weighted by molar-refractivity contribution is 7.99. The summed E-state index contributed by atoms with van der Waals surface area (Å²) in [6.45, 7) is 2.86. The molecule has 0 amide bonds. The quantitative estimate of drug-likeness (QED) is 0.523. The van der Waals surface area contributed by atoms with Crippen molar-refractivity contribution >= 4 is 22.8 Å². The molecule has 3 aromatic rings. The molecule has 1 aromatic heterocycles. The number of nitrogens with one attached hydrogen (secondary N) is 2. The lowest BCUT2D eigenvalue weighted by molar-refractivity contribution is -0.396. The molecule has 0 fully saturated rings. The third-order valence-corrected chi connectivity index (χ3v) is 4.48. The minimum Gasteiger partial charge on any atom is -0.494 e. The van der Waals surface area contributed by atoms with Crippen LogP contribution in [0.1, 0.15) is 18.4 Å². The Morgan fingerprint density at radius 3 is 2.68 bits per heavy atom. The van der Waals surface area contributed by atoms with Crippen molar-refractivity contribution in [3.8, 4) is 5.75 Å². The van der Waals surface area contributed by atoms with Gasteiger partial charge in [0.25, 0.3) is 0 Å². The van der Waals surface area contributed by atoms with E-state index in [1.807, 2.05) is 36.0 Å². The summed E-state index contributed by atoms with van der Waals surface area (Å²) >= 11 is 1.83. The number of rotatable bonds is 7. The van der Waals surface area contributed by atoms with Gasteiger partial charge in [0.2, 0.25) is 0 Å². The van der Waals surface area contributed by atoms with Crippen molar-refractivity contribution < 1.29 is 9.72 Å². The number of ether oxygens (including phenoxy) is 1. The van der Waals surface area contributed by atoms with Crippen LogP contribution in [0.2, 0.25) is 0 Å². The lowest BCUT2D eigenvalue weighted by Crippen LogP contribution is -2.02. The van der Waals surface area contributed by atoms with Crippen molar-refractivity contribution in [1.29, 1.82) is 0 Å². The smallest absolute Gasteiger partial charge is 0.314 e. The number of H-pyrrole nitrogens is 2. The molecule has 0 atom stereocenters. The number of aromatic amines is 2. The van der Waals surface area contributed by atoms with Crippen molar-refractivity contribution in [3.05, 3.63) is 54.1 Å². The van der Waals surface area contributed by atoms with Gasteiger partial charge < -0.3 is 4.74 Å². The summed E-state index contributed by atoms with van der Waals surface area (Å²) in [6.07, 6.45) is 2.21. The van der Waals surface area contributed by atoms with Gasteiger partial charge >= 0.3 is 5.16 Å². The predicted octanol–water partition coefficient (Wildman–Crippen LogP) is 4.24. The van der Waals surface area contributed by atoms with Crippen molar-refractivity contribution in [3.63, 3.8) is 0 Å². The van der Waals surface area contributed by atoms with Crippen LogP contribution in [0.3, 0.4) is 0 Å². The van der Waals surface area contributed by atoms with Gasteiger partial charge in [0.1, 0.15) is 5.75 Å². The Bertz CT molecular complexity index is 688. The molecule has 0 radical (unpaired) electrons. The fourth-order valence-corrected chi connectivity index (χ4v) is 3.17. The second kappa shape index (κ2) is 7.36. The number of thioether (sulfide) groups is 1. The van der Waals surface area contributed by atoms with Gasteiger partial charge in [-0.3, -0.25) is 0 Å². The molecule has 3 nitrogen and oxygen atoms in total. The molecule has 0 bridgehead atoms. The van der Waals surface area contributed by atoms with E-state index in [4.69, 9.17) is 4.74 Å². The predicted molar refractivity (Wildman–Crippen MR) is 91.5 cm³/mol. The van der Waals surface area contributed by atoms with Gasteiger partial charge in [-0.1, -0.05) is 29.8 Å². The van der Waals surface area contributed by atoms with Crippen molar-refractivity contribution in [1.82, 2.24) is 4.98 Å². The SMILES string of the molecule is Cc1ccc(OCCCCSc2[nH]c3ccccc3[nH+]2)cc1. The molecule has 2 aromatic carbocycles. The minimum atomic E-state index is 0.778. The Morgan fingerprint density at radius 1 is 1.05 bits per heavy atom. The molecule has 0 aliphatic carbocycles. The summed E-state index contributed by atoms with van der Waals surface area (Å²) < 4.78 is 5.74. The first-order valence-corrected chi connectivity index (χ1v) is 8.62. The van der Waals surface area contributed by atoms with Gasteiger partial charge in [-0.25, -0.2) is 9.97 Å². The fraction of sp³-hybridized carbons (Fsp3) is 0.278. The molecule has 114 valence electrons. The first kappa shape index (κ1) is 15.0. The van der Waals surface area contributed by atoms with E-state index < -0.39 is 0 Å². The van der Waals surface area contributed by atoms with E-state index in [0.717, 1.165) is 47.1 Å². The van der Waals surface area contributed by atoms with Crippen LogP contribution in [0.4, 0.5) is 0 Å². The average Bonchev–Trinajstić information content (AvgIpc) is 2.95. The number of hydrogen-bond donors (Lipinski definition) is 1. The first-order valence-electron chi connectivity index (χ1n) is 7.63. The van der Waals surface area contributed by atoms with Gasteiger partial charge in [0.05, 0.1) is 6.61 Å². The van der Waals surface area contributed by atoms with Gasteiger partial charge in [-0.2, -0.15) is 0 Å². The third-order valence-electron chi connectivity index (χ3n) is 3.50. The summed E-state index contributed by atoms with van der Waals surface area (Å²) in [7, 11) is 0. The highest BCUT2D eigenvalue weighted by atomic mass is 32.2. The number of unbranched alkanes of at least 4 members (excludes halogenated alkanes) is 1. The van der Waals surface area contributed by atoms with Crippen LogP contribution in [0.25, 0.3) is 11.0 Å². The van der Waals surface area contributed by atoms with Gasteiger partial charge in [-0.05, 0) is 55.8 Å². The van der Waals surface area contributed by atoms with E-state index >= 15 is 0 Å². The van der Waals surface area contributed by atoms with Gasteiger partial charge in [0, 0.05) is 5.75 Å². The van der Waals surface area contributed by atoms with E-state index in [1.54, 1.807) is 0 Å². The zero-order valence-electron chi connectivity index (χ0n) is 12.8. The first-order chi connectivity index (χ1) is 10.8. The van der Waals surface area contributed by atoms with E-state index in [0.29, 0.717) is 0 Å². The maximum absolute atomic E-state index is 5.74. The van der Waals surface area contributed by atoms with E-state index in [9.17, 15) is 0 Å². The number of para-hydroxylation sites is 2. The molecule has 4 heteroatoms. The van der Waals surface area contributed by atoms with E-state index in [1.165, 1.54) is 5.56 Å². The van der Waals surface area contributed by atoms with Crippen molar-refractivity contribution in [2.75, 3.05) is 12.4 Å². The second-order valence-corrected chi connectivity index (χ2v) is 6.45. The largest absolute Gasteiger partial charge is 0.494 e. The number of imidazole rings is 1. The topological polar surface area (TPSA) is 39.2 Å². The number of hydrogen-bond acceptors (Lipinski definition) is 2. The van der Waals surface area contributed by atoms with Crippen LogP contribution >= 0.6 is 11.8 Å². The molecule has 22 heavy (non-hydrogen) atoms. The normalized spacial score (nSPS) is 11.0. The standard InChI is InChI=1S/C18H20N2OS/c1-14-8-10-15(11-9-14)21-12-4-5-13-22-18-19-16-6-2-3-7-17(16)20-18/h2-3,6-11H,4-5,12-13H2,1H3,(H,19,20)/p+1. The zero-order chi connectivity index (χ0) is 15.2. The van der Waals surface area contributed by atoms with Crippen molar-refractivity contribution in [2.45, 2.75) is 24.9 Å². The summed E-state index contributed by atoms with van der Waals surface area (Å²) in [6, 6.07) is 16.5. The average molecular weight is 313 g/mol. The van der Waals surface area contributed by atoms with E-state index in [-0.39, 0.29) is 0 Å².